The summed E-state index contributed by atoms with van der Waals surface area (Å²) in [7, 11) is 0. The van der Waals surface area contributed by atoms with Crippen molar-refractivity contribution in [2.45, 2.75) is 38.1 Å². The standard InChI is InChI=1S/C34H31N5O6/c40-31(44-22-25-14-6-2-7-15-25)21-29(33(42)39-30-19-11-10-18-27(30)37-38-39)35-32(41)28(20-24-12-4-1-5-13-24)36-34(43)45-23-26-16-8-3-9-17-26/h1-19,28-29H,20-23H2,(H,35,41)(H,36,43). The molecule has 1 aromatic heterocycles. The highest BCUT2D eigenvalue weighted by atomic mass is 16.5. The lowest BCUT2D eigenvalue weighted by atomic mass is 10.0. The maximum atomic E-state index is 13.8. The van der Waals surface area contributed by atoms with Crippen LogP contribution in [-0.4, -0.2) is 51.0 Å². The summed E-state index contributed by atoms with van der Waals surface area (Å²) < 4.78 is 11.8. The van der Waals surface area contributed by atoms with Gasteiger partial charge in [0.1, 0.15) is 30.8 Å². The number of esters is 1. The molecule has 0 radical (unpaired) electrons. The predicted octanol–water partition coefficient (Wildman–Crippen LogP) is 4.23. The van der Waals surface area contributed by atoms with Crippen LogP contribution in [0.3, 0.4) is 0 Å². The van der Waals surface area contributed by atoms with Crippen LogP contribution in [0.4, 0.5) is 4.79 Å². The number of amides is 2. The van der Waals surface area contributed by atoms with Crippen LogP contribution in [0.15, 0.2) is 115 Å². The van der Waals surface area contributed by atoms with E-state index in [0.29, 0.717) is 11.0 Å². The summed E-state index contributed by atoms with van der Waals surface area (Å²) in [5.41, 5.74) is 3.17. The highest BCUT2D eigenvalue weighted by molar-refractivity contribution is 5.97. The molecule has 5 rings (SSSR count). The van der Waals surface area contributed by atoms with Crippen molar-refractivity contribution in [1.82, 2.24) is 25.6 Å². The van der Waals surface area contributed by atoms with Crippen molar-refractivity contribution in [1.29, 1.82) is 0 Å². The summed E-state index contributed by atoms with van der Waals surface area (Å²) in [6.45, 7) is -0.00762. The van der Waals surface area contributed by atoms with Gasteiger partial charge in [0, 0.05) is 6.42 Å². The molecule has 2 unspecified atom stereocenters. The van der Waals surface area contributed by atoms with Crippen molar-refractivity contribution in [2.75, 3.05) is 0 Å². The van der Waals surface area contributed by atoms with Crippen molar-refractivity contribution in [3.05, 3.63) is 132 Å². The van der Waals surface area contributed by atoms with Crippen LogP contribution in [0.5, 0.6) is 0 Å². The second-order valence-corrected chi connectivity index (χ2v) is 10.2. The number of carbonyl (C=O) groups is 4. The van der Waals surface area contributed by atoms with Crippen molar-refractivity contribution in [2.24, 2.45) is 0 Å². The van der Waals surface area contributed by atoms with E-state index in [1.807, 2.05) is 78.9 Å². The largest absolute Gasteiger partial charge is 0.461 e. The predicted molar refractivity (Wildman–Crippen MR) is 165 cm³/mol. The Balaban J connectivity index is 1.34. The number of ether oxygens (including phenoxy) is 2. The Hall–Kier alpha value is -5.84. The first-order valence-corrected chi connectivity index (χ1v) is 14.3. The van der Waals surface area contributed by atoms with E-state index in [1.165, 1.54) is 0 Å². The van der Waals surface area contributed by atoms with Gasteiger partial charge in [-0.15, -0.1) is 5.10 Å². The zero-order chi connectivity index (χ0) is 31.4. The number of hydrogen-bond donors (Lipinski definition) is 2. The van der Waals surface area contributed by atoms with Crippen LogP contribution < -0.4 is 10.6 Å². The van der Waals surface area contributed by atoms with E-state index in [4.69, 9.17) is 9.47 Å². The summed E-state index contributed by atoms with van der Waals surface area (Å²) in [6, 6.07) is 31.5. The fourth-order valence-corrected chi connectivity index (χ4v) is 4.58. The summed E-state index contributed by atoms with van der Waals surface area (Å²) >= 11 is 0. The number of fused-ring (bicyclic) bond motifs is 1. The lowest BCUT2D eigenvalue weighted by Crippen LogP contribution is -2.54. The van der Waals surface area contributed by atoms with Crippen LogP contribution in [0.25, 0.3) is 11.0 Å². The molecule has 0 aliphatic rings. The Kier molecular flexibility index (Phi) is 10.2. The number of nitrogens with one attached hydrogen (secondary N) is 2. The summed E-state index contributed by atoms with van der Waals surface area (Å²) in [6.07, 6.45) is -1.21. The lowest BCUT2D eigenvalue weighted by Gasteiger charge is -2.22. The molecule has 2 atom stereocenters. The molecule has 4 aromatic carbocycles. The molecule has 1 heterocycles. The molecule has 0 saturated heterocycles. The van der Waals surface area contributed by atoms with Crippen LogP contribution in [0.2, 0.25) is 0 Å². The third-order valence-electron chi connectivity index (χ3n) is 6.89. The van der Waals surface area contributed by atoms with Crippen LogP contribution in [0, 0.1) is 0 Å². The van der Waals surface area contributed by atoms with Crippen molar-refractivity contribution < 1.29 is 28.7 Å². The van der Waals surface area contributed by atoms with Crippen molar-refractivity contribution in [3.63, 3.8) is 0 Å². The van der Waals surface area contributed by atoms with Gasteiger partial charge in [-0.25, -0.2) is 4.79 Å². The van der Waals surface area contributed by atoms with Gasteiger partial charge < -0.3 is 20.1 Å². The molecule has 5 aromatic rings. The molecule has 0 bridgehead atoms. The van der Waals surface area contributed by atoms with E-state index in [0.717, 1.165) is 21.4 Å². The molecule has 2 amide bonds. The molecule has 228 valence electrons. The highest BCUT2D eigenvalue weighted by Crippen LogP contribution is 2.13. The number of para-hydroxylation sites is 1. The molecule has 0 aliphatic carbocycles. The van der Waals surface area contributed by atoms with Gasteiger partial charge in [-0.3, -0.25) is 14.4 Å². The van der Waals surface area contributed by atoms with Gasteiger partial charge in [-0.1, -0.05) is 108 Å². The van der Waals surface area contributed by atoms with E-state index in [1.54, 1.807) is 36.4 Å². The summed E-state index contributed by atoms with van der Waals surface area (Å²) in [5, 5.41) is 13.2. The first-order chi connectivity index (χ1) is 22.0. The smallest absolute Gasteiger partial charge is 0.408 e. The topological polar surface area (TPSA) is 142 Å². The first kappa shape index (κ1) is 30.6. The number of rotatable bonds is 12. The average Bonchev–Trinajstić information content (AvgIpc) is 3.51. The monoisotopic (exact) mass is 605 g/mol. The fraction of sp³-hybridized carbons (Fsp3) is 0.176. The molecule has 0 fully saturated rings. The minimum absolute atomic E-state index is 0.0000877. The van der Waals surface area contributed by atoms with E-state index in [-0.39, 0.29) is 19.6 Å². The second-order valence-electron chi connectivity index (χ2n) is 10.2. The van der Waals surface area contributed by atoms with Gasteiger partial charge in [-0.05, 0) is 28.8 Å². The molecule has 2 N–H and O–H groups in total. The lowest BCUT2D eigenvalue weighted by molar-refractivity contribution is -0.145. The van der Waals surface area contributed by atoms with Crippen molar-refractivity contribution >= 4 is 34.9 Å². The highest BCUT2D eigenvalue weighted by Gasteiger charge is 2.31. The second kappa shape index (κ2) is 15.1. The first-order valence-electron chi connectivity index (χ1n) is 14.3. The van der Waals surface area contributed by atoms with E-state index >= 15 is 0 Å². The number of carbonyl (C=O) groups excluding carboxylic acids is 4. The van der Waals surface area contributed by atoms with Crippen LogP contribution in [-0.2, 0) is 38.7 Å². The van der Waals surface area contributed by atoms with E-state index in [9.17, 15) is 19.2 Å². The molecular formula is C34H31N5O6. The van der Waals surface area contributed by atoms with Gasteiger partial charge in [0.25, 0.3) is 5.91 Å². The minimum Gasteiger partial charge on any atom is -0.461 e. The zero-order valence-corrected chi connectivity index (χ0v) is 24.2. The number of alkyl carbamates (subject to hydrolysis) is 1. The third-order valence-corrected chi connectivity index (χ3v) is 6.89. The molecule has 11 heteroatoms. The van der Waals surface area contributed by atoms with Gasteiger partial charge in [0.15, 0.2) is 0 Å². The Labute approximate surface area is 259 Å². The normalized spacial score (nSPS) is 12.1. The number of aromatic nitrogens is 3. The Bertz CT molecular complexity index is 1740. The van der Waals surface area contributed by atoms with Gasteiger partial charge >= 0.3 is 12.1 Å². The van der Waals surface area contributed by atoms with Crippen LogP contribution >= 0.6 is 0 Å². The Morgan fingerprint density at radius 1 is 0.644 bits per heavy atom. The molecule has 0 aliphatic heterocycles. The molecule has 11 nitrogen and oxygen atoms in total. The van der Waals surface area contributed by atoms with Gasteiger partial charge in [0.05, 0.1) is 11.9 Å². The van der Waals surface area contributed by atoms with E-state index in [2.05, 4.69) is 20.9 Å². The zero-order valence-electron chi connectivity index (χ0n) is 24.2. The number of hydrogen-bond acceptors (Lipinski definition) is 8. The Morgan fingerprint density at radius 2 is 1.20 bits per heavy atom. The minimum atomic E-state index is -1.38. The molecule has 0 saturated carbocycles. The third kappa shape index (κ3) is 8.60. The maximum Gasteiger partial charge on any atom is 0.408 e. The quantitative estimate of drug-likeness (QED) is 0.201. The van der Waals surface area contributed by atoms with Crippen LogP contribution in [0.1, 0.15) is 27.9 Å². The number of benzene rings is 4. The van der Waals surface area contributed by atoms with Gasteiger partial charge in [0.2, 0.25) is 5.91 Å². The maximum absolute atomic E-state index is 13.8. The number of nitrogens with zero attached hydrogens (tertiary/aromatic N) is 3. The average molecular weight is 606 g/mol. The SMILES string of the molecule is O=C(CC(NC(=O)C(Cc1ccccc1)NC(=O)OCc1ccccc1)C(=O)n1nnc2ccccc21)OCc1ccccc1. The summed E-state index contributed by atoms with van der Waals surface area (Å²) in [4.78, 5) is 53.2. The molecule has 0 spiro atoms. The Morgan fingerprint density at radius 3 is 1.84 bits per heavy atom. The van der Waals surface area contributed by atoms with Gasteiger partial charge in [-0.2, -0.15) is 4.68 Å². The van der Waals surface area contributed by atoms with E-state index < -0.39 is 42.4 Å². The summed E-state index contributed by atoms with van der Waals surface area (Å²) in [5.74, 6) is -2.11. The molecular weight excluding hydrogens is 574 g/mol. The fourth-order valence-electron chi connectivity index (χ4n) is 4.58. The molecule has 45 heavy (non-hydrogen) atoms. The van der Waals surface area contributed by atoms with Crippen molar-refractivity contribution in [3.8, 4) is 0 Å².